The van der Waals surface area contributed by atoms with E-state index in [4.69, 9.17) is 0 Å². The van der Waals surface area contributed by atoms with Gasteiger partial charge < -0.3 is 4.90 Å². The molecule has 1 heterocycles. The molecule has 94 valence electrons. The second-order valence-electron chi connectivity index (χ2n) is 4.46. The molecule has 0 saturated carbocycles. The fraction of sp³-hybridized carbons (Fsp3) is 0.0625. The smallest absolute Gasteiger partial charge is 0.258 e. The van der Waals surface area contributed by atoms with Gasteiger partial charge in [0.1, 0.15) is 0 Å². The van der Waals surface area contributed by atoms with Crippen LogP contribution in [-0.4, -0.2) is 13.0 Å². The van der Waals surface area contributed by atoms with Gasteiger partial charge in [-0.05, 0) is 23.8 Å². The Bertz CT molecular complexity index is 691. The van der Waals surface area contributed by atoms with E-state index in [0.717, 1.165) is 26.9 Å². The Morgan fingerprint density at radius 1 is 1.05 bits per heavy atom. The van der Waals surface area contributed by atoms with E-state index in [2.05, 4.69) is 15.9 Å². The van der Waals surface area contributed by atoms with E-state index in [0.29, 0.717) is 0 Å². The Morgan fingerprint density at radius 3 is 2.53 bits per heavy atom. The van der Waals surface area contributed by atoms with Crippen molar-refractivity contribution in [1.29, 1.82) is 0 Å². The Balaban J connectivity index is 2.16. The number of carbonyl (C=O) groups excluding carboxylic acids is 1. The maximum Gasteiger partial charge on any atom is 0.258 e. The lowest BCUT2D eigenvalue weighted by Crippen LogP contribution is -2.20. The molecule has 0 aliphatic carbocycles. The summed E-state index contributed by atoms with van der Waals surface area (Å²) in [6, 6.07) is 15.7. The lowest BCUT2D eigenvalue weighted by atomic mass is 10.0. The normalized spacial score (nSPS) is 16.0. The Morgan fingerprint density at radius 2 is 1.74 bits per heavy atom. The molecule has 3 heteroatoms. The lowest BCUT2D eigenvalue weighted by molar-refractivity contribution is -0.112. The predicted molar refractivity (Wildman–Crippen MR) is 81.9 cm³/mol. The summed E-state index contributed by atoms with van der Waals surface area (Å²) in [5, 5.41) is 0. The van der Waals surface area contributed by atoms with Crippen LogP contribution in [0, 0.1) is 0 Å². The van der Waals surface area contributed by atoms with Crippen LogP contribution < -0.4 is 4.90 Å². The molecule has 0 unspecified atom stereocenters. The van der Waals surface area contributed by atoms with Crippen LogP contribution in [0.1, 0.15) is 11.1 Å². The van der Waals surface area contributed by atoms with Gasteiger partial charge in [-0.25, -0.2) is 0 Å². The molecule has 0 spiro atoms. The fourth-order valence-corrected chi connectivity index (χ4v) is 2.69. The summed E-state index contributed by atoms with van der Waals surface area (Å²) in [6.07, 6.45) is 1.94. The number of nitrogens with zero attached hydrogens (tertiary/aromatic N) is 1. The van der Waals surface area contributed by atoms with Gasteiger partial charge in [0.15, 0.2) is 0 Å². The highest BCUT2D eigenvalue weighted by atomic mass is 79.9. The molecule has 0 N–H and O–H groups in total. The molecular formula is C16H12BrNO. The van der Waals surface area contributed by atoms with Crippen LogP contribution >= 0.6 is 15.9 Å². The number of rotatable bonds is 1. The molecule has 0 aromatic heterocycles. The molecular weight excluding hydrogens is 302 g/mol. The van der Waals surface area contributed by atoms with Gasteiger partial charge in [-0.2, -0.15) is 0 Å². The highest BCUT2D eigenvalue weighted by Gasteiger charge is 2.28. The summed E-state index contributed by atoms with van der Waals surface area (Å²) in [4.78, 5) is 14.0. The van der Waals surface area contributed by atoms with E-state index in [-0.39, 0.29) is 5.91 Å². The van der Waals surface area contributed by atoms with Gasteiger partial charge in [-0.3, -0.25) is 4.79 Å². The van der Waals surface area contributed by atoms with Crippen molar-refractivity contribution in [2.75, 3.05) is 11.9 Å². The van der Waals surface area contributed by atoms with Gasteiger partial charge in [-0.15, -0.1) is 0 Å². The zero-order valence-electron chi connectivity index (χ0n) is 10.4. The van der Waals surface area contributed by atoms with Gasteiger partial charge in [0, 0.05) is 22.7 Å². The maximum absolute atomic E-state index is 12.3. The van der Waals surface area contributed by atoms with Gasteiger partial charge in [0.25, 0.3) is 5.91 Å². The van der Waals surface area contributed by atoms with Crippen molar-refractivity contribution in [1.82, 2.24) is 0 Å². The second kappa shape index (κ2) is 4.67. The quantitative estimate of drug-likeness (QED) is 0.730. The second-order valence-corrected chi connectivity index (χ2v) is 5.32. The highest BCUT2D eigenvalue weighted by molar-refractivity contribution is 9.10. The number of amides is 1. The average molecular weight is 314 g/mol. The fourth-order valence-electron chi connectivity index (χ4n) is 2.29. The molecule has 1 amide bonds. The third-order valence-electron chi connectivity index (χ3n) is 3.30. The number of likely N-dealkylation sites (N-methyl/N-ethyl adjacent to an activating group) is 1. The molecule has 0 atom stereocenters. The molecule has 19 heavy (non-hydrogen) atoms. The third kappa shape index (κ3) is 2.00. The molecule has 1 aliphatic heterocycles. The van der Waals surface area contributed by atoms with Gasteiger partial charge in [-0.1, -0.05) is 52.3 Å². The largest absolute Gasteiger partial charge is 0.311 e. The monoisotopic (exact) mass is 313 g/mol. The number of fused-ring (bicyclic) bond motifs is 1. The summed E-state index contributed by atoms with van der Waals surface area (Å²) in [6.45, 7) is 0. The molecule has 2 nitrogen and oxygen atoms in total. The first-order valence-electron chi connectivity index (χ1n) is 6.02. The number of halogens is 1. The van der Waals surface area contributed by atoms with Crippen molar-refractivity contribution >= 4 is 39.2 Å². The molecule has 0 bridgehead atoms. The van der Waals surface area contributed by atoms with Gasteiger partial charge in [0.2, 0.25) is 0 Å². The molecule has 0 radical (unpaired) electrons. The van der Waals surface area contributed by atoms with Crippen molar-refractivity contribution < 1.29 is 4.79 Å². The Labute approximate surface area is 120 Å². The highest BCUT2D eigenvalue weighted by Crippen LogP contribution is 2.37. The molecule has 2 aromatic rings. The van der Waals surface area contributed by atoms with E-state index in [1.807, 2.05) is 61.7 Å². The van der Waals surface area contributed by atoms with Crippen molar-refractivity contribution in [2.24, 2.45) is 0 Å². The molecule has 0 saturated heterocycles. The van der Waals surface area contributed by atoms with E-state index < -0.39 is 0 Å². The van der Waals surface area contributed by atoms with Gasteiger partial charge >= 0.3 is 0 Å². The van der Waals surface area contributed by atoms with Crippen molar-refractivity contribution in [3.05, 3.63) is 64.1 Å². The van der Waals surface area contributed by atoms with E-state index in [1.54, 1.807) is 4.90 Å². The first-order chi connectivity index (χ1) is 9.18. The molecule has 1 aliphatic rings. The van der Waals surface area contributed by atoms with Crippen LogP contribution in [0.15, 0.2) is 53.0 Å². The summed E-state index contributed by atoms with van der Waals surface area (Å²) in [5.74, 6) is 0.0388. The topological polar surface area (TPSA) is 20.3 Å². The Hall–Kier alpha value is -1.87. The minimum Gasteiger partial charge on any atom is -0.311 e. The zero-order chi connectivity index (χ0) is 13.4. The van der Waals surface area contributed by atoms with Gasteiger partial charge in [0.05, 0.1) is 5.69 Å². The third-order valence-corrected chi connectivity index (χ3v) is 4.02. The number of anilines is 1. The molecule has 0 fully saturated rings. The van der Waals surface area contributed by atoms with Crippen LogP contribution in [0.4, 0.5) is 5.69 Å². The standard InChI is InChI=1S/C16H12BrNO/c1-18-15-9-5-3-7-12(15)13(16(18)19)10-11-6-2-4-8-14(11)17/h2-10H,1H3/b13-10-. The van der Waals surface area contributed by atoms with E-state index in [9.17, 15) is 4.79 Å². The van der Waals surface area contributed by atoms with E-state index >= 15 is 0 Å². The minimum atomic E-state index is 0.0388. The number of para-hydroxylation sites is 1. The number of hydrogen-bond donors (Lipinski definition) is 0. The van der Waals surface area contributed by atoms with Crippen LogP contribution in [0.3, 0.4) is 0 Å². The van der Waals surface area contributed by atoms with Crippen LogP contribution in [0.2, 0.25) is 0 Å². The molecule has 3 rings (SSSR count). The van der Waals surface area contributed by atoms with Crippen molar-refractivity contribution in [3.63, 3.8) is 0 Å². The number of benzene rings is 2. The van der Waals surface area contributed by atoms with Crippen LogP contribution in [0.5, 0.6) is 0 Å². The maximum atomic E-state index is 12.3. The lowest BCUT2D eigenvalue weighted by Gasteiger charge is -2.08. The average Bonchev–Trinajstić information content (AvgIpc) is 2.67. The number of hydrogen-bond acceptors (Lipinski definition) is 1. The van der Waals surface area contributed by atoms with Crippen molar-refractivity contribution in [2.45, 2.75) is 0 Å². The van der Waals surface area contributed by atoms with E-state index in [1.165, 1.54) is 0 Å². The summed E-state index contributed by atoms with van der Waals surface area (Å²) >= 11 is 3.51. The summed E-state index contributed by atoms with van der Waals surface area (Å²) < 4.78 is 0.988. The van der Waals surface area contributed by atoms with Crippen LogP contribution in [-0.2, 0) is 4.79 Å². The zero-order valence-corrected chi connectivity index (χ0v) is 12.0. The first-order valence-corrected chi connectivity index (χ1v) is 6.81. The first kappa shape index (κ1) is 12.2. The minimum absolute atomic E-state index is 0.0388. The summed E-state index contributed by atoms with van der Waals surface area (Å²) in [5.41, 5.74) is 3.71. The SMILES string of the molecule is CN1C(=O)/C(=C\c2ccccc2Br)c2ccccc21. The number of carbonyl (C=O) groups is 1. The van der Waals surface area contributed by atoms with Crippen molar-refractivity contribution in [3.8, 4) is 0 Å². The predicted octanol–water partition coefficient (Wildman–Crippen LogP) is 3.97. The van der Waals surface area contributed by atoms with Crippen LogP contribution in [0.25, 0.3) is 11.6 Å². The molecule has 2 aromatic carbocycles. The Kier molecular flexibility index (Phi) is 2.99. The summed E-state index contributed by atoms with van der Waals surface area (Å²) in [7, 11) is 1.81.